The molecule has 356 valence electrons. The fraction of sp³-hybridized carbons (Fsp3) is 0.0290. The first-order chi connectivity index (χ1) is 36.7. The smallest absolute Gasteiger partial charge is 0.309 e. The molecule has 0 fully saturated rings. The number of aromatic nitrogens is 2. The van der Waals surface area contributed by atoms with Crippen molar-refractivity contribution in [3.8, 4) is 84.2 Å². The van der Waals surface area contributed by atoms with Crippen LogP contribution in [0.1, 0.15) is 16.7 Å². The number of alkyl halides is 3. The number of aryl methyl sites for hydroxylation is 1. The van der Waals surface area contributed by atoms with Gasteiger partial charge in [0.05, 0.1) is 50.6 Å². The summed E-state index contributed by atoms with van der Waals surface area (Å²) in [7, 11) is 0. The molecule has 0 aliphatic heterocycles. The molecule has 2 heterocycles. The lowest BCUT2D eigenvalue weighted by Crippen LogP contribution is -2.05. The second-order valence-corrected chi connectivity index (χ2v) is 19.2. The van der Waals surface area contributed by atoms with Crippen molar-refractivity contribution < 1.29 is 13.2 Å². The zero-order valence-corrected chi connectivity index (χ0v) is 40.6. The zero-order valence-electron chi connectivity index (χ0n) is 40.6. The molecule has 0 unspecified atom stereocenters. The molecule has 0 bridgehead atoms. The Morgan fingerprint density at radius 2 is 0.693 bits per heavy atom. The summed E-state index contributed by atoms with van der Waals surface area (Å²) in [6.07, 6.45) is -4.49. The second kappa shape index (κ2) is 18.1. The van der Waals surface area contributed by atoms with Crippen LogP contribution in [0.25, 0.3) is 122 Å². The Morgan fingerprint density at radius 1 is 0.333 bits per heavy atom. The molecule has 0 atom stereocenters. The van der Waals surface area contributed by atoms with Crippen LogP contribution < -0.4 is 0 Å². The average molecular weight is 972 g/mol. The average Bonchev–Trinajstić information content (AvgIpc) is 3.96. The van der Waals surface area contributed by atoms with E-state index in [-0.39, 0.29) is 0 Å². The van der Waals surface area contributed by atoms with Gasteiger partial charge in [-0.2, -0.15) is 18.4 Å². The van der Waals surface area contributed by atoms with E-state index in [9.17, 15) is 18.4 Å². The van der Waals surface area contributed by atoms with Crippen molar-refractivity contribution in [1.82, 2.24) is 9.13 Å². The maximum Gasteiger partial charge on any atom is 0.416 e. The number of nitrogens with zero attached hydrogens (tertiary/aromatic N) is 3. The number of nitriles is 1. The van der Waals surface area contributed by atoms with Crippen molar-refractivity contribution in [2.24, 2.45) is 0 Å². The molecule has 0 N–H and O–H groups in total. The highest BCUT2D eigenvalue weighted by Gasteiger charge is 2.31. The van der Waals surface area contributed by atoms with Crippen molar-refractivity contribution in [2.75, 3.05) is 0 Å². The van der Waals surface area contributed by atoms with Crippen LogP contribution in [0.2, 0.25) is 0 Å². The molecule has 3 nitrogen and oxygen atoms in total. The molecule has 13 aromatic rings. The first kappa shape index (κ1) is 45.2. The van der Waals surface area contributed by atoms with Crippen molar-refractivity contribution in [3.63, 3.8) is 0 Å². The number of hydrogen-bond acceptors (Lipinski definition) is 1. The molecule has 6 heteroatoms. The highest BCUT2D eigenvalue weighted by molar-refractivity contribution is 6.14. The maximum atomic E-state index is 14.2. The Labute approximate surface area is 431 Å². The minimum atomic E-state index is -4.49. The third-order valence-electron chi connectivity index (χ3n) is 14.7. The summed E-state index contributed by atoms with van der Waals surface area (Å²) in [6, 6.07) is 86.5. The third-order valence-corrected chi connectivity index (χ3v) is 14.7. The van der Waals surface area contributed by atoms with Crippen LogP contribution in [0.5, 0.6) is 0 Å². The second-order valence-electron chi connectivity index (χ2n) is 19.2. The molecule has 0 saturated heterocycles. The van der Waals surface area contributed by atoms with Gasteiger partial charge < -0.3 is 9.13 Å². The number of hydrogen-bond donors (Lipinski definition) is 0. The van der Waals surface area contributed by atoms with Crippen LogP contribution in [0.3, 0.4) is 0 Å². The fourth-order valence-corrected chi connectivity index (χ4v) is 11.1. The standard InChI is InChI=1S/C69H44F3N3/c1-44-36-55(69(70,71)72)28-29-56(44)54-27-35-68(75-66-33-25-52(48-18-10-4-11-19-48)40-60(66)61-41-53(26-34-67(61)75)49-20-12-5-13-21-49)62(42-54)57-37-45(43-73)22-30-63(57)74-64-31-23-50(46-14-6-2-7-15-46)38-58(64)59-39-51(24-32-65(59)74)47-16-8-3-9-17-47/h2-42H,1H3. The molecule has 0 amide bonds. The third kappa shape index (κ3) is 7.94. The zero-order chi connectivity index (χ0) is 50.8. The predicted octanol–water partition coefficient (Wildman–Crippen LogP) is 19.1. The highest BCUT2D eigenvalue weighted by Crippen LogP contribution is 2.45. The number of halogens is 3. The topological polar surface area (TPSA) is 33.6 Å². The Hall–Kier alpha value is -9.70. The van der Waals surface area contributed by atoms with Gasteiger partial charge in [0.1, 0.15) is 0 Å². The Balaban J connectivity index is 1.12. The van der Waals surface area contributed by atoms with Crippen LogP contribution in [0.15, 0.2) is 249 Å². The van der Waals surface area contributed by atoms with Gasteiger partial charge in [0.2, 0.25) is 0 Å². The van der Waals surface area contributed by atoms with Gasteiger partial charge in [0.15, 0.2) is 0 Å². The van der Waals surface area contributed by atoms with Gasteiger partial charge in [-0.15, -0.1) is 0 Å². The number of fused-ring (bicyclic) bond motifs is 6. The maximum absolute atomic E-state index is 14.2. The van der Waals surface area contributed by atoms with Crippen LogP contribution in [0.4, 0.5) is 13.2 Å². The SMILES string of the molecule is Cc1cc(C(F)(F)F)ccc1-c1ccc(-n2c3ccc(-c4ccccc4)cc3c3cc(-c4ccccc4)ccc32)c(-c2cc(C#N)ccc2-n2c3ccc(-c4ccccc4)cc3c3cc(-c4ccccc4)ccc32)c1. The van der Waals surface area contributed by atoms with Crippen molar-refractivity contribution in [2.45, 2.75) is 13.1 Å². The van der Waals surface area contributed by atoms with Crippen LogP contribution in [-0.4, -0.2) is 9.13 Å². The molecule has 2 aromatic heterocycles. The fourth-order valence-electron chi connectivity index (χ4n) is 11.1. The summed E-state index contributed by atoms with van der Waals surface area (Å²) < 4.78 is 47.1. The van der Waals surface area contributed by atoms with Gasteiger partial charge in [-0.1, -0.05) is 158 Å². The summed E-state index contributed by atoms with van der Waals surface area (Å²) in [5, 5.41) is 15.0. The molecule has 0 aliphatic carbocycles. The molecule has 75 heavy (non-hydrogen) atoms. The van der Waals surface area contributed by atoms with Gasteiger partial charge in [0, 0.05) is 32.7 Å². The Bertz CT molecular complexity index is 4200. The summed E-state index contributed by atoms with van der Waals surface area (Å²) in [5.41, 5.74) is 17.7. The molecule has 0 saturated carbocycles. The quantitative estimate of drug-likeness (QED) is 0.149. The molecule has 0 spiro atoms. The van der Waals surface area contributed by atoms with E-state index < -0.39 is 11.7 Å². The predicted molar refractivity (Wildman–Crippen MR) is 302 cm³/mol. The highest BCUT2D eigenvalue weighted by atomic mass is 19.4. The summed E-state index contributed by atoms with van der Waals surface area (Å²) >= 11 is 0. The molecule has 11 aromatic carbocycles. The minimum Gasteiger partial charge on any atom is -0.309 e. The molecule has 0 radical (unpaired) electrons. The number of benzene rings is 11. The lowest BCUT2D eigenvalue weighted by molar-refractivity contribution is -0.137. The van der Waals surface area contributed by atoms with Crippen molar-refractivity contribution >= 4 is 43.6 Å². The van der Waals surface area contributed by atoms with Gasteiger partial charge >= 0.3 is 6.18 Å². The lowest BCUT2D eigenvalue weighted by Gasteiger charge is -2.21. The van der Waals surface area contributed by atoms with Crippen LogP contribution in [-0.2, 0) is 6.18 Å². The first-order valence-electron chi connectivity index (χ1n) is 24.9. The van der Waals surface area contributed by atoms with E-state index in [1.165, 1.54) is 6.07 Å². The Morgan fingerprint density at radius 3 is 1.05 bits per heavy atom. The first-order valence-corrected chi connectivity index (χ1v) is 24.9. The van der Waals surface area contributed by atoms with Crippen molar-refractivity contribution in [1.29, 1.82) is 5.26 Å². The number of rotatable bonds is 8. The summed E-state index contributed by atoms with van der Waals surface area (Å²) in [4.78, 5) is 0. The van der Waals surface area contributed by atoms with Gasteiger partial charge in [-0.05, 0) is 159 Å². The summed E-state index contributed by atoms with van der Waals surface area (Å²) in [6.45, 7) is 1.73. The lowest BCUT2D eigenvalue weighted by atomic mass is 9.92. The normalized spacial score (nSPS) is 11.7. The van der Waals surface area contributed by atoms with E-state index >= 15 is 0 Å². The molecule has 13 rings (SSSR count). The van der Waals surface area contributed by atoms with E-state index in [1.807, 2.05) is 48.5 Å². The van der Waals surface area contributed by atoms with Crippen LogP contribution >= 0.6 is 0 Å². The summed E-state index contributed by atoms with van der Waals surface area (Å²) in [5.74, 6) is 0. The minimum absolute atomic E-state index is 0.469. The molecular weight excluding hydrogens is 928 g/mol. The van der Waals surface area contributed by atoms with Crippen molar-refractivity contribution in [3.05, 3.63) is 265 Å². The van der Waals surface area contributed by atoms with E-state index in [2.05, 4.69) is 197 Å². The van der Waals surface area contributed by atoms with E-state index in [1.54, 1.807) is 13.0 Å². The van der Waals surface area contributed by atoms with Gasteiger partial charge in [-0.25, -0.2) is 0 Å². The van der Waals surface area contributed by atoms with Gasteiger partial charge in [0.25, 0.3) is 0 Å². The Kier molecular flexibility index (Phi) is 10.9. The van der Waals surface area contributed by atoms with E-state index in [0.29, 0.717) is 16.7 Å². The van der Waals surface area contributed by atoms with Crippen LogP contribution in [0, 0.1) is 18.3 Å². The van der Waals surface area contributed by atoms with E-state index in [0.717, 1.165) is 122 Å². The van der Waals surface area contributed by atoms with E-state index in [4.69, 9.17) is 0 Å². The van der Waals surface area contributed by atoms with Gasteiger partial charge in [-0.3, -0.25) is 0 Å². The molecular formula is C69H44F3N3. The largest absolute Gasteiger partial charge is 0.416 e. The molecule has 0 aliphatic rings. The monoisotopic (exact) mass is 971 g/mol.